The average molecular weight is 205 g/mol. The highest BCUT2D eigenvalue weighted by Gasteiger charge is 2.40. The van der Waals surface area contributed by atoms with Crippen LogP contribution in [0.4, 0.5) is 4.79 Å². The first-order valence-electron chi connectivity index (χ1n) is 3.89. The number of likely N-dealkylation sites (tertiary alicyclic amines) is 1. The van der Waals surface area contributed by atoms with Crippen LogP contribution in [0.3, 0.4) is 0 Å². The average Bonchev–Trinajstić information content (AvgIpc) is 2.04. The normalized spacial score (nSPS) is 28.5. The van der Waals surface area contributed by atoms with E-state index in [4.69, 9.17) is 10.2 Å². The molecule has 1 saturated heterocycles. The van der Waals surface area contributed by atoms with Gasteiger partial charge in [0.1, 0.15) is 4.75 Å². The van der Waals surface area contributed by atoms with E-state index in [9.17, 15) is 9.59 Å². The van der Waals surface area contributed by atoms with Crippen LogP contribution in [0, 0.1) is 0 Å². The van der Waals surface area contributed by atoms with Gasteiger partial charge in [-0.05, 0) is 12.8 Å². The van der Waals surface area contributed by atoms with Crippen LogP contribution in [-0.2, 0) is 4.79 Å². The fourth-order valence-electron chi connectivity index (χ4n) is 1.37. The maximum Gasteiger partial charge on any atom is 0.407 e. The van der Waals surface area contributed by atoms with Gasteiger partial charge in [-0.25, -0.2) is 4.79 Å². The molecular weight excluding hydrogens is 194 g/mol. The van der Waals surface area contributed by atoms with E-state index >= 15 is 0 Å². The van der Waals surface area contributed by atoms with Crippen molar-refractivity contribution in [3.8, 4) is 0 Å². The lowest BCUT2D eigenvalue weighted by molar-refractivity contribution is -0.141. The number of carboxylic acids is 1. The number of piperidine rings is 1. The fraction of sp³-hybridized carbons (Fsp3) is 0.714. The molecule has 0 aliphatic carbocycles. The van der Waals surface area contributed by atoms with Crippen LogP contribution < -0.4 is 0 Å². The van der Waals surface area contributed by atoms with Crippen molar-refractivity contribution >= 4 is 24.7 Å². The zero-order valence-corrected chi connectivity index (χ0v) is 7.83. The predicted octanol–water partition coefficient (Wildman–Crippen LogP) is 0.513. The standard InChI is InChI=1S/C7H11NO4S/c9-5(10)7(13)2-1-3-8(4-7)6(11)12/h13H,1-4H2,(H,9,10)(H,11,12). The molecule has 0 aromatic rings. The second-order valence-corrected chi connectivity index (χ2v) is 4.00. The van der Waals surface area contributed by atoms with Gasteiger partial charge in [-0.3, -0.25) is 4.79 Å². The highest BCUT2D eigenvalue weighted by Crippen LogP contribution is 2.27. The van der Waals surface area contributed by atoms with Gasteiger partial charge in [0.05, 0.1) is 0 Å². The molecule has 0 aromatic heterocycles. The number of nitrogens with zero attached hydrogens (tertiary/aromatic N) is 1. The summed E-state index contributed by atoms with van der Waals surface area (Å²) in [4.78, 5) is 22.4. The number of rotatable bonds is 1. The second kappa shape index (κ2) is 3.45. The molecule has 13 heavy (non-hydrogen) atoms. The third-order valence-corrected chi connectivity index (χ3v) is 2.70. The molecule has 1 rings (SSSR count). The van der Waals surface area contributed by atoms with Crippen LogP contribution in [0.5, 0.6) is 0 Å². The van der Waals surface area contributed by atoms with Crippen LogP contribution in [0.15, 0.2) is 0 Å². The van der Waals surface area contributed by atoms with E-state index in [1.165, 1.54) is 0 Å². The highest BCUT2D eigenvalue weighted by atomic mass is 32.1. The number of carboxylic acid groups (broad SMARTS) is 2. The molecule has 0 aromatic carbocycles. The monoisotopic (exact) mass is 205 g/mol. The summed E-state index contributed by atoms with van der Waals surface area (Å²) < 4.78 is -1.21. The van der Waals surface area contributed by atoms with Crippen molar-refractivity contribution in [2.75, 3.05) is 13.1 Å². The molecule has 6 heteroatoms. The Morgan fingerprint density at radius 1 is 1.38 bits per heavy atom. The van der Waals surface area contributed by atoms with Gasteiger partial charge in [0.15, 0.2) is 0 Å². The van der Waals surface area contributed by atoms with Crippen LogP contribution in [-0.4, -0.2) is 45.0 Å². The van der Waals surface area contributed by atoms with Gasteiger partial charge in [0.25, 0.3) is 0 Å². The molecule has 0 saturated carbocycles. The Kier molecular flexibility index (Phi) is 2.70. The van der Waals surface area contributed by atoms with Gasteiger partial charge in [-0.1, -0.05) is 0 Å². The molecule has 1 aliphatic rings. The smallest absolute Gasteiger partial charge is 0.407 e. The van der Waals surface area contributed by atoms with Gasteiger partial charge in [-0.15, -0.1) is 0 Å². The summed E-state index contributed by atoms with van der Waals surface area (Å²) in [5, 5.41) is 17.5. The predicted molar refractivity (Wildman–Crippen MR) is 48.2 cm³/mol. The molecule has 1 amide bonds. The van der Waals surface area contributed by atoms with E-state index in [1.807, 2.05) is 0 Å². The molecule has 0 bridgehead atoms. The quantitative estimate of drug-likeness (QED) is 0.545. The number of carbonyl (C=O) groups is 2. The zero-order chi connectivity index (χ0) is 10.1. The lowest BCUT2D eigenvalue weighted by Gasteiger charge is -2.34. The maximum atomic E-state index is 10.7. The van der Waals surface area contributed by atoms with Gasteiger partial charge < -0.3 is 15.1 Å². The van der Waals surface area contributed by atoms with E-state index in [-0.39, 0.29) is 6.54 Å². The number of hydrogen-bond acceptors (Lipinski definition) is 3. The Balaban J connectivity index is 2.71. The largest absolute Gasteiger partial charge is 0.480 e. The van der Waals surface area contributed by atoms with E-state index in [2.05, 4.69) is 12.6 Å². The molecule has 74 valence electrons. The van der Waals surface area contributed by atoms with Crippen LogP contribution in [0.25, 0.3) is 0 Å². The lowest BCUT2D eigenvalue weighted by Crippen LogP contribution is -2.51. The van der Waals surface area contributed by atoms with E-state index in [1.54, 1.807) is 0 Å². The van der Waals surface area contributed by atoms with Crippen LogP contribution >= 0.6 is 12.6 Å². The zero-order valence-electron chi connectivity index (χ0n) is 6.93. The first-order valence-corrected chi connectivity index (χ1v) is 4.34. The molecule has 1 atom stereocenters. The first-order chi connectivity index (χ1) is 5.96. The van der Waals surface area contributed by atoms with Crippen LogP contribution in [0.1, 0.15) is 12.8 Å². The van der Waals surface area contributed by atoms with Crippen molar-refractivity contribution in [3.05, 3.63) is 0 Å². The van der Waals surface area contributed by atoms with Gasteiger partial charge in [0.2, 0.25) is 0 Å². The van der Waals surface area contributed by atoms with Crippen LogP contribution in [0.2, 0.25) is 0 Å². The van der Waals surface area contributed by atoms with Crippen molar-refractivity contribution in [1.29, 1.82) is 0 Å². The van der Waals surface area contributed by atoms with E-state index < -0.39 is 16.8 Å². The fourth-order valence-corrected chi connectivity index (χ4v) is 1.70. The Hall–Kier alpha value is -0.910. The summed E-state index contributed by atoms with van der Waals surface area (Å²) in [5.41, 5.74) is 0. The molecular formula is C7H11NO4S. The Labute approximate surface area is 80.7 Å². The first kappa shape index (κ1) is 10.2. The molecule has 2 N–H and O–H groups in total. The number of thiol groups is 1. The highest BCUT2D eigenvalue weighted by molar-refractivity contribution is 7.82. The molecule has 0 radical (unpaired) electrons. The third-order valence-electron chi connectivity index (χ3n) is 2.14. The van der Waals surface area contributed by atoms with Crippen molar-refractivity contribution in [2.45, 2.75) is 17.6 Å². The summed E-state index contributed by atoms with van der Waals surface area (Å²) in [6.45, 7) is 0.353. The molecule has 0 spiro atoms. The Morgan fingerprint density at radius 3 is 2.46 bits per heavy atom. The van der Waals surface area contributed by atoms with Gasteiger partial charge in [-0.2, -0.15) is 12.6 Å². The topological polar surface area (TPSA) is 77.8 Å². The molecule has 1 heterocycles. The minimum absolute atomic E-state index is 0.0409. The van der Waals surface area contributed by atoms with Crippen molar-refractivity contribution in [1.82, 2.24) is 4.90 Å². The van der Waals surface area contributed by atoms with Crippen molar-refractivity contribution in [2.24, 2.45) is 0 Å². The van der Waals surface area contributed by atoms with Gasteiger partial charge in [0, 0.05) is 13.1 Å². The second-order valence-electron chi connectivity index (χ2n) is 3.14. The summed E-state index contributed by atoms with van der Waals surface area (Å²) in [7, 11) is 0. The number of amides is 1. The van der Waals surface area contributed by atoms with Crippen molar-refractivity contribution in [3.63, 3.8) is 0 Å². The Bertz CT molecular complexity index is 245. The number of hydrogen-bond donors (Lipinski definition) is 3. The SMILES string of the molecule is O=C(O)N1CCCC(S)(C(=O)O)C1. The summed E-state index contributed by atoms with van der Waals surface area (Å²) in [6, 6.07) is 0. The lowest BCUT2D eigenvalue weighted by atomic mass is 9.97. The summed E-state index contributed by atoms with van der Waals surface area (Å²) >= 11 is 3.99. The molecule has 5 nitrogen and oxygen atoms in total. The van der Waals surface area contributed by atoms with Gasteiger partial charge >= 0.3 is 12.1 Å². The minimum Gasteiger partial charge on any atom is -0.480 e. The number of aliphatic carboxylic acids is 1. The molecule has 1 fully saturated rings. The summed E-state index contributed by atoms with van der Waals surface area (Å²) in [6.07, 6.45) is -0.128. The molecule has 1 unspecified atom stereocenters. The summed E-state index contributed by atoms with van der Waals surface area (Å²) in [5.74, 6) is -1.05. The Morgan fingerprint density at radius 2 is 2.00 bits per heavy atom. The third kappa shape index (κ3) is 2.06. The minimum atomic E-state index is -1.21. The van der Waals surface area contributed by atoms with E-state index in [0.717, 1.165) is 4.90 Å². The van der Waals surface area contributed by atoms with E-state index in [0.29, 0.717) is 19.4 Å². The van der Waals surface area contributed by atoms with Crippen molar-refractivity contribution < 1.29 is 19.8 Å². The molecule has 1 aliphatic heterocycles. The maximum absolute atomic E-state index is 10.7.